The van der Waals surface area contributed by atoms with Gasteiger partial charge in [0.1, 0.15) is 17.4 Å². The van der Waals surface area contributed by atoms with Gasteiger partial charge in [0, 0.05) is 23.7 Å². The Bertz CT molecular complexity index is 1370. The maximum Gasteiger partial charge on any atom is 0.418 e. The fraction of sp³-hybridized carbons (Fsp3) is 0.333. The number of alkyl halides is 3. The lowest BCUT2D eigenvalue weighted by Gasteiger charge is -2.31. The molecule has 1 aliphatic rings. The highest BCUT2D eigenvalue weighted by Gasteiger charge is 2.36. The highest BCUT2D eigenvalue weighted by molar-refractivity contribution is 7.92. The standard InChI is InChI=1S/C24H24ClF3N4O3S/c1-15-5-4-12-32(14-15)21-6-3-7-22(30-21)36(33,34)31-20-11-9-18(24(26,27)28)23(29-20)17-13-16(25)8-10-19(17)35-2/h3,6-11,13,15H,4-5,12,14H2,1-2H3,(H,29,31)/t15-/m0/s1. The van der Waals surface area contributed by atoms with Gasteiger partial charge in [-0.05, 0) is 61.2 Å². The van der Waals surface area contributed by atoms with Gasteiger partial charge in [-0.15, -0.1) is 0 Å². The van der Waals surface area contributed by atoms with E-state index >= 15 is 0 Å². The van der Waals surface area contributed by atoms with Gasteiger partial charge in [0.15, 0.2) is 5.03 Å². The number of benzene rings is 1. The second-order valence-electron chi connectivity index (χ2n) is 8.57. The zero-order chi connectivity index (χ0) is 26.1. The fourth-order valence-electron chi connectivity index (χ4n) is 4.13. The monoisotopic (exact) mass is 540 g/mol. The van der Waals surface area contributed by atoms with E-state index in [1.165, 1.54) is 31.4 Å². The molecule has 4 rings (SSSR count). The van der Waals surface area contributed by atoms with Crippen LogP contribution >= 0.6 is 11.6 Å². The number of nitrogens with zero attached hydrogens (tertiary/aromatic N) is 3. The van der Waals surface area contributed by atoms with Crippen LogP contribution in [-0.2, 0) is 16.2 Å². The number of aromatic nitrogens is 2. The van der Waals surface area contributed by atoms with Crippen molar-refractivity contribution in [3.63, 3.8) is 0 Å². The molecular formula is C24H24ClF3N4O3S. The molecule has 12 heteroatoms. The van der Waals surface area contributed by atoms with Crippen molar-refractivity contribution in [3.8, 4) is 17.0 Å². The second-order valence-corrected chi connectivity index (χ2v) is 10.6. The molecule has 0 saturated carbocycles. The Balaban J connectivity index is 1.71. The molecule has 7 nitrogen and oxygen atoms in total. The summed E-state index contributed by atoms with van der Waals surface area (Å²) in [5.41, 5.74) is -1.62. The molecule has 3 aromatic rings. The number of halogens is 4. The Morgan fingerprint density at radius 1 is 1.14 bits per heavy atom. The number of anilines is 2. The summed E-state index contributed by atoms with van der Waals surface area (Å²) in [6.45, 7) is 3.64. The minimum Gasteiger partial charge on any atom is -0.496 e. The van der Waals surface area contributed by atoms with Gasteiger partial charge < -0.3 is 9.64 Å². The first-order valence-electron chi connectivity index (χ1n) is 11.1. The topological polar surface area (TPSA) is 84.4 Å². The van der Waals surface area contributed by atoms with E-state index in [0.717, 1.165) is 38.1 Å². The summed E-state index contributed by atoms with van der Waals surface area (Å²) in [5, 5.41) is -0.0958. The molecule has 192 valence electrons. The fourth-order valence-corrected chi connectivity index (χ4v) is 5.27. The van der Waals surface area contributed by atoms with Crippen LogP contribution in [0, 0.1) is 5.92 Å². The molecule has 1 atom stereocenters. The minimum absolute atomic E-state index is 0.0299. The van der Waals surface area contributed by atoms with Gasteiger partial charge in [0.2, 0.25) is 0 Å². The number of hydrogen-bond donors (Lipinski definition) is 1. The zero-order valence-corrected chi connectivity index (χ0v) is 21.1. The van der Waals surface area contributed by atoms with Crippen LogP contribution in [0.5, 0.6) is 5.75 Å². The van der Waals surface area contributed by atoms with Crippen LogP contribution in [0.1, 0.15) is 25.3 Å². The van der Waals surface area contributed by atoms with Crippen molar-refractivity contribution in [1.82, 2.24) is 9.97 Å². The predicted octanol–water partition coefficient (Wildman–Crippen LogP) is 5.86. The number of nitrogens with one attached hydrogen (secondary N) is 1. The lowest BCUT2D eigenvalue weighted by Crippen LogP contribution is -2.35. The van der Waals surface area contributed by atoms with Gasteiger partial charge in [-0.3, -0.25) is 4.72 Å². The molecule has 1 aromatic carbocycles. The van der Waals surface area contributed by atoms with Crippen LogP contribution in [0.4, 0.5) is 24.8 Å². The first-order chi connectivity index (χ1) is 17.0. The molecule has 2 aromatic heterocycles. The molecule has 1 fully saturated rings. The highest BCUT2D eigenvalue weighted by Crippen LogP contribution is 2.41. The minimum atomic E-state index is -4.76. The van der Waals surface area contributed by atoms with Crippen molar-refractivity contribution in [2.75, 3.05) is 29.8 Å². The number of sulfonamides is 1. The largest absolute Gasteiger partial charge is 0.496 e. The van der Waals surface area contributed by atoms with Crippen molar-refractivity contribution in [3.05, 3.63) is 59.1 Å². The Hall–Kier alpha value is -3.05. The summed E-state index contributed by atoms with van der Waals surface area (Å²) < 4.78 is 75.0. The van der Waals surface area contributed by atoms with Crippen LogP contribution in [-0.4, -0.2) is 38.6 Å². The van der Waals surface area contributed by atoms with Crippen molar-refractivity contribution in [1.29, 1.82) is 0 Å². The number of rotatable bonds is 6. The average molecular weight is 541 g/mol. The summed E-state index contributed by atoms with van der Waals surface area (Å²) >= 11 is 6.02. The molecule has 0 aliphatic carbocycles. The maximum atomic E-state index is 13.8. The van der Waals surface area contributed by atoms with Crippen molar-refractivity contribution in [2.24, 2.45) is 5.92 Å². The average Bonchev–Trinajstić information content (AvgIpc) is 2.83. The number of methoxy groups -OCH3 is 1. The third-order valence-corrected chi connectivity index (χ3v) is 7.31. The Morgan fingerprint density at radius 2 is 1.92 bits per heavy atom. The molecule has 0 spiro atoms. The normalized spacial score (nSPS) is 16.6. The van der Waals surface area contributed by atoms with Gasteiger partial charge >= 0.3 is 6.18 Å². The van der Waals surface area contributed by atoms with Gasteiger partial charge in [0.25, 0.3) is 10.0 Å². The summed E-state index contributed by atoms with van der Waals surface area (Å²) in [4.78, 5) is 10.3. The van der Waals surface area contributed by atoms with Crippen LogP contribution in [0.15, 0.2) is 53.6 Å². The first-order valence-corrected chi connectivity index (χ1v) is 13.0. The van der Waals surface area contributed by atoms with Gasteiger partial charge in [-0.1, -0.05) is 24.6 Å². The smallest absolute Gasteiger partial charge is 0.418 e. The molecule has 0 amide bonds. The lowest BCUT2D eigenvalue weighted by atomic mass is 10.0. The Labute approximate surface area is 212 Å². The third kappa shape index (κ3) is 5.67. The van der Waals surface area contributed by atoms with Crippen LogP contribution in [0.25, 0.3) is 11.3 Å². The quantitative estimate of drug-likeness (QED) is 0.421. The number of ether oxygens (including phenoxy) is 1. The van der Waals surface area contributed by atoms with Gasteiger partial charge in [-0.25, -0.2) is 9.97 Å². The summed E-state index contributed by atoms with van der Waals surface area (Å²) in [7, 11) is -2.95. The third-order valence-electron chi connectivity index (χ3n) is 5.82. The van der Waals surface area contributed by atoms with Crippen LogP contribution < -0.4 is 14.4 Å². The summed E-state index contributed by atoms with van der Waals surface area (Å²) in [6, 6.07) is 10.5. The van der Waals surface area contributed by atoms with Crippen LogP contribution in [0.2, 0.25) is 5.02 Å². The second kappa shape index (κ2) is 10.1. The number of pyridine rings is 2. The Morgan fingerprint density at radius 3 is 2.61 bits per heavy atom. The van der Waals surface area contributed by atoms with E-state index in [9.17, 15) is 21.6 Å². The Kier molecular flexibility index (Phi) is 7.33. The van der Waals surface area contributed by atoms with E-state index in [2.05, 4.69) is 21.6 Å². The van der Waals surface area contributed by atoms with Crippen LogP contribution in [0.3, 0.4) is 0 Å². The molecule has 3 heterocycles. The molecule has 0 bridgehead atoms. The maximum absolute atomic E-state index is 13.8. The predicted molar refractivity (Wildman–Crippen MR) is 132 cm³/mol. The molecule has 1 saturated heterocycles. The number of hydrogen-bond acceptors (Lipinski definition) is 6. The van der Waals surface area contributed by atoms with Gasteiger partial charge in [-0.2, -0.15) is 21.6 Å². The van der Waals surface area contributed by atoms with Crippen molar-refractivity contribution < 1.29 is 26.3 Å². The molecule has 0 unspecified atom stereocenters. The number of piperidine rings is 1. The molecule has 1 N–H and O–H groups in total. The molecular weight excluding hydrogens is 517 g/mol. The van der Waals surface area contributed by atoms with Gasteiger partial charge in [0.05, 0.1) is 18.4 Å². The molecule has 36 heavy (non-hydrogen) atoms. The highest BCUT2D eigenvalue weighted by atomic mass is 35.5. The first kappa shape index (κ1) is 26.0. The SMILES string of the molecule is COc1ccc(Cl)cc1-c1nc(NS(=O)(=O)c2cccc(N3CCC[C@H](C)C3)n2)ccc1C(F)(F)F. The van der Waals surface area contributed by atoms with E-state index in [-0.39, 0.29) is 27.2 Å². The van der Waals surface area contributed by atoms with E-state index in [1.807, 2.05) is 4.90 Å². The molecule has 1 aliphatic heterocycles. The van der Waals surface area contributed by atoms with E-state index in [0.29, 0.717) is 11.7 Å². The summed E-state index contributed by atoms with van der Waals surface area (Å²) in [5.74, 6) is 0.771. The lowest BCUT2D eigenvalue weighted by molar-refractivity contribution is -0.137. The summed E-state index contributed by atoms with van der Waals surface area (Å²) in [6.07, 6.45) is -2.69. The zero-order valence-electron chi connectivity index (χ0n) is 19.5. The van der Waals surface area contributed by atoms with E-state index < -0.39 is 27.5 Å². The molecule has 0 radical (unpaired) electrons. The van der Waals surface area contributed by atoms with Crippen molar-refractivity contribution in [2.45, 2.75) is 31.0 Å². The van der Waals surface area contributed by atoms with Crippen molar-refractivity contribution >= 4 is 33.3 Å². The van der Waals surface area contributed by atoms with E-state index in [1.54, 1.807) is 12.1 Å². The van der Waals surface area contributed by atoms with E-state index in [4.69, 9.17) is 16.3 Å².